The van der Waals surface area contributed by atoms with Crippen molar-refractivity contribution in [1.82, 2.24) is 9.97 Å². The number of rotatable bonds is 3. The fraction of sp³-hybridized carbons (Fsp3) is 0.167. The lowest BCUT2D eigenvalue weighted by Crippen LogP contribution is -2.08. The van der Waals surface area contributed by atoms with E-state index in [1.807, 2.05) is 25.1 Å². The Morgan fingerprint density at radius 3 is 2.88 bits per heavy atom. The number of nitrogens with zero attached hydrogens (tertiary/aromatic N) is 2. The summed E-state index contributed by atoms with van der Waals surface area (Å²) in [4.78, 5) is 7.95. The fourth-order valence-electron chi connectivity index (χ4n) is 1.42. The molecule has 1 unspecified atom stereocenters. The molecule has 0 radical (unpaired) electrons. The molecule has 2 rings (SSSR count). The lowest BCUT2D eigenvalue weighted by Gasteiger charge is -2.14. The Hall–Kier alpha value is -1.97. The van der Waals surface area contributed by atoms with Gasteiger partial charge in [0.25, 0.3) is 0 Å². The van der Waals surface area contributed by atoms with Crippen LogP contribution in [0.1, 0.15) is 18.5 Å². The Kier molecular flexibility index (Phi) is 3.10. The summed E-state index contributed by atoms with van der Waals surface area (Å²) < 4.78 is 13.0. The van der Waals surface area contributed by atoms with Crippen LogP contribution in [0.2, 0.25) is 0 Å². The van der Waals surface area contributed by atoms with E-state index in [0.717, 1.165) is 11.4 Å². The highest BCUT2D eigenvalue weighted by atomic mass is 19.1. The van der Waals surface area contributed by atoms with Gasteiger partial charge in [0.05, 0.1) is 12.2 Å². The molecule has 0 amide bonds. The summed E-state index contributed by atoms with van der Waals surface area (Å²) in [6, 6.07) is 7.04. The summed E-state index contributed by atoms with van der Waals surface area (Å²) in [5.74, 6) is 0.437. The average molecular weight is 217 g/mol. The van der Waals surface area contributed by atoms with Crippen molar-refractivity contribution in [1.29, 1.82) is 0 Å². The maximum Gasteiger partial charge on any atom is 0.141 e. The second-order valence-corrected chi connectivity index (χ2v) is 3.52. The first-order valence-corrected chi connectivity index (χ1v) is 5.04. The predicted octanol–water partition coefficient (Wildman–Crippen LogP) is 2.79. The summed E-state index contributed by atoms with van der Waals surface area (Å²) in [6.45, 7) is 1.94. The standard InChI is InChI=1S/C12H12FN3/c1-9(10-6-11(13)8-14-7-10)16-12-4-2-3-5-15-12/h2-9H,1H3,(H,15,16). The van der Waals surface area contributed by atoms with E-state index in [2.05, 4.69) is 15.3 Å². The second-order valence-electron chi connectivity index (χ2n) is 3.52. The molecule has 2 heterocycles. The van der Waals surface area contributed by atoms with E-state index in [-0.39, 0.29) is 11.9 Å². The van der Waals surface area contributed by atoms with Crippen LogP contribution in [-0.2, 0) is 0 Å². The molecule has 0 aliphatic carbocycles. The quantitative estimate of drug-likeness (QED) is 0.859. The van der Waals surface area contributed by atoms with Crippen molar-refractivity contribution in [2.24, 2.45) is 0 Å². The van der Waals surface area contributed by atoms with Crippen molar-refractivity contribution in [3.63, 3.8) is 0 Å². The molecule has 3 nitrogen and oxygen atoms in total. The topological polar surface area (TPSA) is 37.8 Å². The molecule has 0 saturated heterocycles. The van der Waals surface area contributed by atoms with Gasteiger partial charge in [0.15, 0.2) is 0 Å². The lowest BCUT2D eigenvalue weighted by molar-refractivity contribution is 0.616. The van der Waals surface area contributed by atoms with Crippen LogP contribution < -0.4 is 5.32 Å². The van der Waals surface area contributed by atoms with E-state index >= 15 is 0 Å². The number of halogens is 1. The zero-order valence-electron chi connectivity index (χ0n) is 8.89. The minimum Gasteiger partial charge on any atom is -0.363 e. The van der Waals surface area contributed by atoms with E-state index in [0.29, 0.717) is 0 Å². The van der Waals surface area contributed by atoms with Gasteiger partial charge in [-0.15, -0.1) is 0 Å². The number of hydrogen-bond acceptors (Lipinski definition) is 3. The minimum absolute atomic E-state index is 0.0295. The minimum atomic E-state index is -0.327. The van der Waals surface area contributed by atoms with E-state index in [4.69, 9.17) is 0 Å². The molecule has 0 aliphatic rings. The SMILES string of the molecule is CC(Nc1ccccn1)c1cncc(F)c1. The summed E-state index contributed by atoms with van der Waals surface area (Å²) in [5.41, 5.74) is 0.797. The van der Waals surface area contributed by atoms with Gasteiger partial charge in [-0.3, -0.25) is 4.98 Å². The molecule has 0 bridgehead atoms. The highest BCUT2D eigenvalue weighted by Crippen LogP contribution is 2.16. The van der Waals surface area contributed by atoms with Crippen LogP contribution in [0.3, 0.4) is 0 Å². The first-order valence-electron chi connectivity index (χ1n) is 5.04. The molecule has 2 aromatic rings. The Morgan fingerprint density at radius 2 is 2.19 bits per heavy atom. The molecule has 0 fully saturated rings. The smallest absolute Gasteiger partial charge is 0.141 e. The first kappa shape index (κ1) is 10.5. The average Bonchev–Trinajstić information content (AvgIpc) is 2.30. The third kappa shape index (κ3) is 2.53. The van der Waals surface area contributed by atoms with Gasteiger partial charge in [0, 0.05) is 12.4 Å². The van der Waals surface area contributed by atoms with Crippen LogP contribution >= 0.6 is 0 Å². The number of anilines is 1. The van der Waals surface area contributed by atoms with Gasteiger partial charge in [0.1, 0.15) is 11.6 Å². The molecule has 4 heteroatoms. The van der Waals surface area contributed by atoms with Gasteiger partial charge in [-0.05, 0) is 30.7 Å². The molecule has 0 saturated carbocycles. The monoisotopic (exact) mass is 217 g/mol. The molecule has 2 aromatic heterocycles. The molecule has 0 aliphatic heterocycles. The van der Waals surface area contributed by atoms with Crippen molar-refractivity contribution < 1.29 is 4.39 Å². The largest absolute Gasteiger partial charge is 0.363 e. The Labute approximate surface area is 93.4 Å². The van der Waals surface area contributed by atoms with Crippen LogP contribution in [0.5, 0.6) is 0 Å². The lowest BCUT2D eigenvalue weighted by atomic mass is 10.1. The Morgan fingerprint density at radius 1 is 1.31 bits per heavy atom. The Balaban J connectivity index is 2.12. The van der Waals surface area contributed by atoms with Gasteiger partial charge < -0.3 is 5.32 Å². The van der Waals surface area contributed by atoms with Gasteiger partial charge in [0.2, 0.25) is 0 Å². The molecule has 0 spiro atoms. The third-order valence-corrected chi connectivity index (χ3v) is 2.26. The highest BCUT2D eigenvalue weighted by molar-refractivity contribution is 5.36. The van der Waals surface area contributed by atoms with E-state index in [9.17, 15) is 4.39 Å². The van der Waals surface area contributed by atoms with Gasteiger partial charge >= 0.3 is 0 Å². The zero-order valence-corrected chi connectivity index (χ0v) is 8.89. The van der Waals surface area contributed by atoms with Crippen LogP contribution in [0.25, 0.3) is 0 Å². The molecule has 82 valence electrons. The molecule has 16 heavy (non-hydrogen) atoms. The molecule has 1 atom stereocenters. The van der Waals surface area contributed by atoms with Crippen molar-refractivity contribution in [2.75, 3.05) is 5.32 Å². The van der Waals surface area contributed by atoms with Crippen LogP contribution in [0.15, 0.2) is 42.9 Å². The Bertz CT molecular complexity index is 459. The molecular weight excluding hydrogens is 205 g/mol. The predicted molar refractivity (Wildman–Crippen MR) is 60.5 cm³/mol. The maximum absolute atomic E-state index is 13.0. The fourth-order valence-corrected chi connectivity index (χ4v) is 1.42. The second kappa shape index (κ2) is 4.70. The van der Waals surface area contributed by atoms with Crippen molar-refractivity contribution in [3.8, 4) is 0 Å². The highest BCUT2D eigenvalue weighted by Gasteiger charge is 2.06. The van der Waals surface area contributed by atoms with Gasteiger partial charge in [-0.25, -0.2) is 9.37 Å². The van der Waals surface area contributed by atoms with E-state index in [1.54, 1.807) is 12.4 Å². The van der Waals surface area contributed by atoms with Crippen molar-refractivity contribution in [2.45, 2.75) is 13.0 Å². The molecular formula is C12H12FN3. The number of aromatic nitrogens is 2. The summed E-state index contributed by atoms with van der Waals surface area (Å²) in [6.07, 6.45) is 4.54. The molecule has 0 aromatic carbocycles. The number of hydrogen-bond donors (Lipinski definition) is 1. The van der Waals surface area contributed by atoms with E-state index in [1.165, 1.54) is 12.3 Å². The zero-order chi connectivity index (χ0) is 11.4. The normalized spacial score (nSPS) is 12.1. The van der Waals surface area contributed by atoms with Crippen molar-refractivity contribution >= 4 is 5.82 Å². The van der Waals surface area contributed by atoms with Crippen LogP contribution in [0.4, 0.5) is 10.2 Å². The van der Waals surface area contributed by atoms with Crippen molar-refractivity contribution in [3.05, 3.63) is 54.2 Å². The summed E-state index contributed by atoms with van der Waals surface area (Å²) >= 11 is 0. The first-order chi connectivity index (χ1) is 7.75. The van der Waals surface area contributed by atoms with Gasteiger partial charge in [-0.1, -0.05) is 6.07 Å². The summed E-state index contributed by atoms with van der Waals surface area (Å²) in [5, 5.41) is 3.17. The number of nitrogens with one attached hydrogen (secondary N) is 1. The van der Waals surface area contributed by atoms with Crippen LogP contribution in [-0.4, -0.2) is 9.97 Å². The third-order valence-electron chi connectivity index (χ3n) is 2.26. The van der Waals surface area contributed by atoms with Crippen LogP contribution in [0, 0.1) is 5.82 Å². The van der Waals surface area contributed by atoms with E-state index < -0.39 is 0 Å². The maximum atomic E-state index is 13.0. The number of pyridine rings is 2. The molecule has 1 N–H and O–H groups in total. The summed E-state index contributed by atoms with van der Waals surface area (Å²) in [7, 11) is 0. The van der Waals surface area contributed by atoms with Gasteiger partial charge in [-0.2, -0.15) is 0 Å².